The molecule has 6 nitrogen and oxygen atoms in total. The number of amides is 2. The number of hydrogen-bond donors (Lipinski definition) is 2. The summed E-state index contributed by atoms with van der Waals surface area (Å²) in [6.45, 7) is 5.59. The highest BCUT2D eigenvalue weighted by atomic mass is 32.1. The second kappa shape index (κ2) is 9.04. The van der Waals surface area contributed by atoms with E-state index in [4.69, 9.17) is 5.73 Å². The lowest BCUT2D eigenvalue weighted by atomic mass is 9.97. The first-order chi connectivity index (χ1) is 9.67. The first-order valence-electron chi connectivity index (χ1n) is 7.08. The van der Waals surface area contributed by atoms with Crippen molar-refractivity contribution in [1.82, 2.24) is 9.80 Å². The minimum atomic E-state index is -0.619. The number of ketones is 1. The zero-order valence-corrected chi connectivity index (χ0v) is 14.4. The number of thiol groups is 1. The predicted molar refractivity (Wildman–Crippen MR) is 86.2 cm³/mol. The van der Waals surface area contributed by atoms with Gasteiger partial charge in [-0.05, 0) is 5.92 Å². The van der Waals surface area contributed by atoms with Crippen molar-refractivity contribution in [2.45, 2.75) is 38.5 Å². The molecule has 0 aromatic carbocycles. The molecule has 0 heterocycles. The molecule has 0 radical (unpaired) electrons. The fourth-order valence-electron chi connectivity index (χ4n) is 2.15. The fraction of sp³-hybridized carbons (Fsp3) is 0.786. The van der Waals surface area contributed by atoms with Crippen LogP contribution in [0.3, 0.4) is 0 Å². The second-order valence-electron chi connectivity index (χ2n) is 5.46. The molecular formula is C14H27N3O3S. The molecule has 122 valence electrons. The molecule has 0 bridgehead atoms. The van der Waals surface area contributed by atoms with E-state index in [1.165, 1.54) is 16.8 Å². The third-order valence-corrected chi connectivity index (χ3v) is 3.81. The van der Waals surface area contributed by atoms with E-state index in [9.17, 15) is 14.4 Å². The summed E-state index contributed by atoms with van der Waals surface area (Å²) in [5.74, 6) is -0.535. The maximum Gasteiger partial charge on any atom is 0.242 e. The van der Waals surface area contributed by atoms with Gasteiger partial charge in [-0.3, -0.25) is 14.4 Å². The Hall–Kier alpha value is -1.08. The number of carbonyl (C=O) groups excluding carboxylic acids is 3. The van der Waals surface area contributed by atoms with Gasteiger partial charge in [0.2, 0.25) is 11.8 Å². The maximum absolute atomic E-state index is 12.3. The smallest absolute Gasteiger partial charge is 0.242 e. The molecule has 7 heteroatoms. The van der Waals surface area contributed by atoms with Gasteiger partial charge in [0.05, 0.1) is 17.8 Å². The highest BCUT2D eigenvalue weighted by molar-refractivity contribution is 7.81. The first kappa shape index (κ1) is 19.9. The van der Waals surface area contributed by atoms with Gasteiger partial charge in [-0.15, -0.1) is 0 Å². The van der Waals surface area contributed by atoms with E-state index in [0.717, 1.165) is 0 Å². The summed E-state index contributed by atoms with van der Waals surface area (Å²) in [6.07, 6.45) is 0.376. The minimum Gasteiger partial charge on any atom is -0.335 e. The van der Waals surface area contributed by atoms with Crippen LogP contribution in [0, 0.1) is 5.92 Å². The topological polar surface area (TPSA) is 83.7 Å². The number of rotatable bonds is 8. The molecule has 0 spiro atoms. The summed E-state index contributed by atoms with van der Waals surface area (Å²) < 4.78 is 0. The molecule has 0 aliphatic heterocycles. The third-order valence-electron chi connectivity index (χ3n) is 3.38. The molecule has 0 aromatic heterocycles. The standard InChI is InChI=1S/C14H27N3O3S/c1-6-10(18)13(9(2)3)17(5)12(19)8-16(4)14(20)11(21)7-15/h9,11,13,21H,6-8,15H2,1-5H3. The normalized spacial score (nSPS) is 13.7. The number of likely N-dealkylation sites (N-methyl/N-ethyl adjacent to an activating group) is 2. The van der Waals surface area contributed by atoms with Crippen LogP contribution in [0.15, 0.2) is 0 Å². The predicted octanol–water partition coefficient (Wildman–Crippen LogP) is 0.164. The quantitative estimate of drug-likeness (QED) is 0.625. The summed E-state index contributed by atoms with van der Waals surface area (Å²) in [7, 11) is 3.12. The van der Waals surface area contributed by atoms with Gasteiger partial charge in [0.15, 0.2) is 5.78 Å². The van der Waals surface area contributed by atoms with Crippen molar-refractivity contribution in [2.75, 3.05) is 27.2 Å². The van der Waals surface area contributed by atoms with E-state index in [2.05, 4.69) is 12.6 Å². The van der Waals surface area contributed by atoms with Crippen molar-refractivity contribution in [3.05, 3.63) is 0 Å². The zero-order valence-electron chi connectivity index (χ0n) is 13.5. The summed E-state index contributed by atoms with van der Waals surface area (Å²) >= 11 is 4.06. The first-order valence-corrected chi connectivity index (χ1v) is 7.60. The molecule has 0 aromatic rings. The summed E-state index contributed by atoms with van der Waals surface area (Å²) in [6, 6.07) is -0.465. The molecule has 0 fully saturated rings. The van der Waals surface area contributed by atoms with Crippen molar-refractivity contribution < 1.29 is 14.4 Å². The molecule has 0 aliphatic carbocycles. The number of carbonyl (C=O) groups is 3. The largest absolute Gasteiger partial charge is 0.335 e. The lowest BCUT2D eigenvalue weighted by molar-refractivity contribution is -0.143. The van der Waals surface area contributed by atoms with Crippen LogP contribution in [0.4, 0.5) is 0 Å². The van der Waals surface area contributed by atoms with E-state index < -0.39 is 11.3 Å². The lowest BCUT2D eigenvalue weighted by Gasteiger charge is -2.31. The second-order valence-corrected chi connectivity index (χ2v) is 6.08. The van der Waals surface area contributed by atoms with Crippen molar-refractivity contribution in [3.63, 3.8) is 0 Å². The third kappa shape index (κ3) is 5.67. The molecule has 2 unspecified atom stereocenters. The molecular weight excluding hydrogens is 290 g/mol. The molecule has 21 heavy (non-hydrogen) atoms. The highest BCUT2D eigenvalue weighted by Crippen LogP contribution is 2.13. The summed E-state index contributed by atoms with van der Waals surface area (Å²) in [5, 5.41) is -0.619. The van der Waals surface area contributed by atoms with Gasteiger partial charge in [0.1, 0.15) is 0 Å². The Morgan fingerprint density at radius 2 is 1.71 bits per heavy atom. The van der Waals surface area contributed by atoms with Crippen molar-refractivity contribution >= 4 is 30.2 Å². The van der Waals surface area contributed by atoms with Crippen LogP contribution in [0.2, 0.25) is 0 Å². The molecule has 2 atom stereocenters. The average molecular weight is 317 g/mol. The highest BCUT2D eigenvalue weighted by Gasteiger charge is 2.29. The Labute approximate surface area is 132 Å². The van der Waals surface area contributed by atoms with Gasteiger partial charge in [-0.2, -0.15) is 12.6 Å². The van der Waals surface area contributed by atoms with Crippen LogP contribution in [0.1, 0.15) is 27.2 Å². The van der Waals surface area contributed by atoms with Crippen LogP contribution in [-0.2, 0) is 14.4 Å². The van der Waals surface area contributed by atoms with E-state index in [0.29, 0.717) is 6.42 Å². The van der Waals surface area contributed by atoms with E-state index >= 15 is 0 Å². The van der Waals surface area contributed by atoms with Crippen LogP contribution < -0.4 is 5.73 Å². The van der Waals surface area contributed by atoms with Crippen molar-refractivity contribution in [2.24, 2.45) is 11.7 Å². The molecule has 0 saturated heterocycles. The Kier molecular flexibility index (Phi) is 8.58. The van der Waals surface area contributed by atoms with Gasteiger partial charge >= 0.3 is 0 Å². The lowest BCUT2D eigenvalue weighted by Crippen LogP contribution is -2.50. The molecule has 2 N–H and O–H groups in total. The van der Waals surface area contributed by atoms with E-state index in [1.807, 2.05) is 13.8 Å². The summed E-state index contributed by atoms with van der Waals surface area (Å²) in [5.41, 5.74) is 5.38. The summed E-state index contributed by atoms with van der Waals surface area (Å²) in [4.78, 5) is 38.8. The molecule has 0 rings (SSSR count). The molecule has 2 amide bonds. The van der Waals surface area contributed by atoms with Crippen LogP contribution in [0.25, 0.3) is 0 Å². The zero-order chi connectivity index (χ0) is 16.7. The Bertz CT molecular complexity index is 388. The van der Waals surface area contributed by atoms with Crippen molar-refractivity contribution in [3.8, 4) is 0 Å². The number of nitrogens with two attached hydrogens (primary N) is 1. The number of hydrogen-bond acceptors (Lipinski definition) is 5. The van der Waals surface area contributed by atoms with Gasteiger partial charge in [0, 0.05) is 27.1 Å². The maximum atomic E-state index is 12.3. The molecule has 0 saturated carbocycles. The minimum absolute atomic E-state index is 0.0175. The van der Waals surface area contributed by atoms with E-state index in [-0.39, 0.29) is 36.6 Å². The Balaban J connectivity index is 4.84. The van der Waals surface area contributed by atoms with Gasteiger partial charge in [-0.25, -0.2) is 0 Å². The van der Waals surface area contributed by atoms with E-state index in [1.54, 1.807) is 14.0 Å². The van der Waals surface area contributed by atoms with Gasteiger partial charge in [0.25, 0.3) is 0 Å². The van der Waals surface area contributed by atoms with Crippen LogP contribution >= 0.6 is 12.6 Å². The fourth-order valence-corrected chi connectivity index (χ4v) is 2.34. The van der Waals surface area contributed by atoms with Gasteiger partial charge < -0.3 is 15.5 Å². The Morgan fingerprint density at radius 1 is 1.19 bits per heavy atom. The average Bonchev–Trinajstić information content (AvgIpc) is 2.44. The van der Waals surface area contributed by atoms with Crippen molar-refractivity contribution in [1.29, 1.82) is 0 Å². The van der Waals surface area contributed by atoms with Crippen LogP contribution in [0.5, 0.6) is 0 Å². The molecule has 0 aliphatic rings. The monoisotopic (exact) mass is 317 g/mol. The SMILES string of the molecule is CCC(=O)C(C(C)C)N(C)C(=O)CN(C)C(=O)C(S)CN. The number of Topliss-reactive ketones (excluding diaryl/α,β-unsaturated/α-hetero) is 1. The van der Waals surface area contributed by atoms with Gasteiger partial charge in [-0.1, -0.05) is 20.8 Å². The number of nitrogens with zero attached hydrogens (tertiary/aromatic N) is 2. The van der Waals surface area contributed by atoms with Crippen LogP contribution in [-0.4, -0.2) is 65.9 Å². The Morgan fingerprint density at radius 3 is 2.10 bits per heavy atom.